The molecular formula is C15H25N3S. The van der Waals surface area contributed by atoms with Gasteiger partial charge in [0.1, 0.15) is 4.99 Å². The summed E-state index contributed by atoms with van der Waals surface area (Å²) in [5.41, 5.74) is 7.57. The second-order valence-corrected chi connectivity index (χ2v) is 5.36. The topological polar surface area (TPSA) is 42.2 Å². The molecular weight excluding hydrogens is 254 g/mol. The average molecular weight is 279 g/mol. The van der Waals surface area contributed by atoms with Crippen molar-refractivity contribution in [3.63, 3.8) is 0 Å². The number of nitrogens with zero attached hydrogens (tertiary/aromatic N) is 2. The van der Waals surface area contributed by atoms with Crippen LogP contribution in [0.4, 0.5) is 0 Å². The predicted molar refractivity (Wildman–Crippen MR) is 85.1 cm³/mol. The maximum absolute atomic E-state index is 5.63. The smallest absolute Gasteiger partial charge is 0.122 e. The van der Waals surface area contributed by atoms with Gasteiger partial charge in [-0.1, -0.05) is 45.8 Å². The second kappa shape index (κ2) is 8.23. The quantitative estimate of drug-likeness (QED) is 0.743. The predicted octanol–water partition coefficient (Wildman–Crippen LogP) is 2.97. The number of hydrogen-bond acceptors (Lipinski definition) is 3. The Morgan fingerprint density at radius 1 is 1.37 bits per heavy atom. The van der Waals surface area contributed by atoms with E-state index in [0.29, 0.717) is 10.7 Å². The van der Waals surface area contributed by atoms with E-state index in [4.69, 9.17) is 18.0 Å². The SMILES string of the molecule is CCC(CC)CN(CC)Cc1ccnc(C(N)=S)c1. The van der Waals surface area contributed by atoms with Gasteiger partial charge in [-0.25, -0.2) is 0 Å². The first kappa shape index (κ1) is 16.1. The summed E-state index contributed by atoms with van der Waals surface area (Å²) in [5.74, 6) is 0.775. The number of pyridine rings is 1. The first-order valence-electron chi connectivity index (χ1n) is 7.07. The Labute approximate surface area is 122 Å². The molecule has 19 heavy (non-hydrogen) atoms. The lowest BCUT2D eigenvalue weighted by Gasteiger charge is -2.25. The zero-order valence-electron chi connectivity index (χ0n) is 12.2. The summed E-state index contributed by atoms with van der Waals surface area (Å²) in [4.78, 5) is 7.01. The normalized spacial score (nSPS) is 11.2. The molecule has 0 aromatic carbocycles. The third-order valence-corrected chi connectivity index (χ3v) is 3.81. The van der Waals surface area contributed by atoms with E-state index < -0.39 is 0 Å². The van der Waals surface area contributed by atoms with Crippen molar-refractivity contribution in [1.82, 2.24) is 9.88 Å². The van der Waals surface area contributed by atoms with Crippen LogP contribution in [0.2, 0.25) is 0 Å². The maximum atomic E-state index is 5.63. The summed E-state index contributed by atoms with van der Waals surface area (Å²) < 4.78 is 0. The molecule has 0 unspecified atom stereocenters. The Morgan fingerprint density at radius 3 is 2.58 bits per heavy atom. The highest BCUT2D eigenvalue weighted by Gasteiger charge is 2.11. The van der Waals surface area contributed by atoms with Gasteiger partial charge in [0.05, 0.1) is 5.69 Å². The lowest BCUT2D eigenvalue weighted by molar-refractivity contribution is 0.226. The van der Waals surface area contributed by atoms with Gasteiger partial charge in [-0.15, -0.1) is 0 Å². The molecule has 0 saturated heterocycles. The Hall–Kier alpha value is -1.00. The molecule has 0 spiro atoms. The van der Waals surface area contributed by atoms with Crippen LogP contribution in [-0.4, -0.2) is 28.0 Å². The largest absolute Gasteiger partial charge is 0.388 e. The van der Waals surface area contributed by atoms with E-state index >= 15 is 0 Å². The summed E-state index contributed by atoms with van der Waals surface area (Å²) in [6, 6.07) is 4.04. The monoisotopic (exact) mass is 279 g/mol. The highest BCUT2D eigenvalue weighted by atomic mass is 32.1. The molecule has 3 nitrogen and oxygen atoms in total. The van der Waals surface area contributed by atoms with E-state index in [0.717, 1.165) is 25.6 Å². The summed E-state index contributed by atoms with van der Waals surface area (Å²) in [7, 11) is 0. The molecule has 2 N–H and O–H groups in total. The first-order chi connectivity index (χ1) is 9.10. The van der Waals surface area contributed by atoms with E-state index in [1.54, 1.807) is 6.20 Å². The van der Waals surface area contributed by atoms with Crippen molar-refractivity contribution in [1.29, 1.82) is 0 Å². The number of hydrogen-bond donors (Lipinski definition) is 1. The van der Waals surface area contributed by atoms with Gasteiger partial charge >= 0.3 is 0 Å². The Kier molecular flexibility index (Phi) is 6.95. The van der Waals surface area contributed by atoms with Crippen LogP contribution in [0, 0.1) is 5.92 Å². The average Bonchev–Trinajstić information content (AvgIpc) is 2.43. The second-order valence-electron chi connectivity index (χ2n) is 4.92. The highest BCUT2D eigenvalue weighted by molar-refractivity contribution is 7.80. The molecule has 1 aromatic heterocycles. The van der Waals surface area contributed by atoms with Gasteiger partial charge in [0.2, 0.25) is 0 Å². The molecule has 0 aliphatic heterocycles. The van der Waals surface area contributed by atoms with Crippen LogP contribution in [0.5, 0.6) is 0 Å². The molecule has 0 saturated carbocycles. The van der Waals surface area contributed by atoms with Crippen molar-refractivity contribution in [2.45, 2.75) is 40.2 Å². The van der Waals surface area contributed by atoms with E-state index in [2.05, 4.69) is 30.7 Å². The standard InChI is InChI=1S/C15H25N3S/c1-4-12(5-2)10-18(6-3)11-13-7-8-17-14(9-13)15(16)19/h7-9,12H,4-6,10-11H2,1-3H3,(H2,16,19). The molecule has 4 heteroatoms. The molecule has 0 fully saturated rings. The van der Waals surface area contributed by atoms with Crippen molar-refractivity contribution < 1.29 is 0 Å². The zero-order valence-corrected chi connectivity index (χ0v) is 13.0. The Morgan fingerprint density at radius 2 is 2.05 bits per heavy atom. The lowest BCUT2D eigenvalue weighted by Crippen LogP contribution is -2.29. The Bertz CT molecular complexity index is 402. The minimum absolute atomic E-state index is 0.366. The van der Waals surface area contributed by atoms with Gasteiger partial charge in [-0.3, -0.25) is 9.88 Å². The fourth-order valence-corrected chi connectivity index (χ4v) is 2.29. The number of nitrogens with two attached hydrogens (primary N) is 1. The van der Waals surface area contributed by atoms with Crippen molar-refractivity contribution in [3.05, 3.63) is 29.6 Å². The molecule has 0 bridgehead atoms. The van der Waals surface area contributed by atoms with Gasteiger partial charge in [0.25, 0.3) is 0 Å². The van der Waals surface area contributed by atoms with Crippen LogP contribution in [0.1, 0.15) is 44.9 Å². The van der Waals surface area contributed by atoms with Gasteiger partial charge in [-0.2, -0.15) is 0 Å². The minimum Gasteiger partial charge on any atom is -0.388 e. The highest BCUT2D eigenvalue weighted by Crippen LogP contribution is 2.13. The summed E-state index contributed by atoms with van der Waals surface area (Å²) >= 11 is 4.97. The molecule has 1 aromatic rings. The zero-order chi connectivity index (χ0) is 14.3. The van der Waals surface area contributed by atoms with Crippen LogP contribution in [-0.2, 0) is 6.54 Å². The molecule has 0 aliphatic carbocycles. The summed E-state index contributed by atoms with van der Waals surface area (Å²) in [6.45, 7) is 9.87. The fraction of sp³-hybridized carbons (Fsp3) is 0.600. The van der Waals surface area contributed by atoms with E-state index in [9.17, 15) is 0 Å². The molecule has 0 amide bonds. The minimum atomic E-state index is 0.366. The molecule has 1 rings (SSSR count). The molecule has 106 valence electrons. The van der Waals surface area contributed by atoms with Crippen molar-refractivity contribution in [3.8, 4) is 0 Å². The molecule has 0 atom stereocenters. The summed E-state index contributed by atoms with van der Waals surface area (Å²) in [5, 5.41) is 0. The number of aromatic nitrogens is 1. The van der Waals surface area contributed by atoms with Gasteiger partial charge < -0.3 is 5.73 Å². The fourth-order valence-electron chi connectivity index (χ4n) is 2.18. The van der Waals surface area contributed by atoms with Crippen LogP contribution in [0.3, 0.4) is 0 Å². The molecule has 1 heterocycles. The van der Waals surface area contributed by atoms with E-state index in [-0.39, 0.29) is 0 Å². The molecule has 0 radical (unpaired) electrons. The van der Waals surface area contributed by atoms with Gasteiger partial charge in [0.15, 0.2) is 0 Å². The van der Waals surface area contributed by atoms with E-state index in [1.165, 1.54) is 18.4 Å². The maximum Gasteiger partial charge on any atom is 0.122 e. The number of thiocarbonyl (C=S) groups is 1. The lowest BCUT2D eigenvalue weighted by atomic mass is 10.0. The van der Waals surface area contributed by atoms with Crippen molar-refractivity contribution in [2.75, 3.05) is 13.1 Å². The van der Waals surface area contributed by atoms with Crippen LogP contribution < -0.4 is 5.73 Å². The molecule has 0 aliphatic rings. The van der Waals surface area contributed by atoms with Crippen molar-refractivity contribution in [2.24, 2.45) is 11.7 Å². The van der Waals surface area contributed by atoms with Crippen LogP contribution in [0.15, 0.2) is 18.3 Å². The van der Waals surface area contributed by atoms with Gasteiger partial charge in [-0.05, 0) is 30.2 Å². The first-order valence-corrected chi connectivity index (χ1v) is 7.48. The van der Waals surface area contributed by atoms with Crippen molar-refractivity contribution >= 4 is 17.2 Å². The Balaban J connectivity index is 2.69. The summed E-state index contributed by atoms with van der Waals surface area (Å²) in [6.07, 6.45) is 4.26. The van der Waals surface area contributed by atoms with Crippen LogP contribution in [0.25, 0.3) is 0 Å². The third-order valence-electron chi connectivity index (χ3n) is 3.60. The third kappa shape index (κ3) is 5.25. The van der Waals surface area contributed by atoms with Gasteiger partial charge in [0, 0.05) is 19.3 Å². The van der Waals surface area contributed by atoms with E-state index in [1.807, 2.05) is 12.1 Å². The number of rotatable bonds is 8. The van der Waals surface area contributed by atoms with Crippen LogP contribution >= 0.6 is 12.2 Å².